The molecule has 1 saturated heterocycles. The molecule has 1 aliphatic heterocycles. The van der Waals surface area contributed by atoms with Crippen molar-refractivity contribution in [3.8, 4) is 5.75 Å². The molecule has 0 aliphatic carbocycles. The fourth-order valence-electron chi connectivity index (χ4n) is 2.07. The van der Waals surface area contributed by atoms with Gasteiger partial charge in [-0.25, -0.2) is 4.39 Å². The number of likely N-dealkylation sites (tertiary alicyclic amines) is 1. The molecule has 3 nitrogen and oxygen atoms in total. The molecule has 1 aliphatic rings. The number of nitrogens with zero attached hydrogens (tertiary/aromatic N) is 1. The van der Waals surface area contributed by atoms with Gasteiger partial charge in [0.25, 0.3) is 0 Å². The summed E-state index contributed by atoms with van der Waals surface area (Å²) in [5.74, 6) is -0.0980. The number of hydrogen-bond donors (Lipinski definition) is 0. The second kappa shape index (κ2) is 5.19. The van der Waals surface area contributed by atoms with Crippen LogP contribution in [0, 0.1) is 5.82 Å². The number of halogens is 1. The highest BCUT2D eigenvalue weighted by Crippen LogP contribution is 2.28. The van der Waals surface area contributed by atoms with Crippen LogP contribution in [0.15, 0.2) is 18.2 Å². The van der Waals surface area contributed by atoms with Gasteiger partial charge in [-0.3, -0.25) is 4.79 Å². The molecular formula is C15H20FNO2. The van der Waals surface area contributed by atoms with E-state index in [0.29, 0.717) is 13.0 Å². The van der Waals surface area contributed by atoms with Gasteiger partial charge in [-0.1, -0.05) is 26.8 Å². The molecule has 0 radical (unpaired) electrons. The maximum absolute atomic E-state index is 13.7. The van der Waals surface area contributed by atoms with E-state index in [1.807, 2.05) is 0 Å². The Hall–Kier alpha value is -1.58. The highest BCUT2D eigenvalue weighted by atomic mass is 19.1. The van der Waals surface area contributed by atoms with Crippen molar-refractivity contribution >= 4 is 5.91 Å². The van der Waals surface area contributed by atoms with Gasteiger partial charge < -0.3 is 9.64 Å². The van der Waals surface area contributed by atoms with Gasteiger partial charge in [-0.15, -0.1) is 0 Å². The summed E-state index contributed by atoms with van der Waals surface area (Å²) in [6.07, 6.45) is 1.42. The average molecular weight is 265 g/mol. The second-order valence-corrected chi connectivity index (χ2v) is 5.93. The number of amides is 1. The van der Waals surface area contributed by atoms with Crippen molar-refractivity contribution in [3.05, 3.63) is 29.6 Å². The van der Waals surface area contributed by atoms with E-state index in [2.05, 4.69) is 20.8 Å². The molecule has 2 rings (SSSR count). The molecule has 19 heavy (non-hydrogen) atoms. The number of ether oxygens (including phenoxy) is 1. The number of hydrogen-bond acceptors (Lipinski definition) is 2. The van der Waals surface area contributed by atoms with Crippen molar-refractivity contribution in [2.75, 3.05) is 13.3 Å². The summed E-state index contributed by atoms with van der Waals surface area (Å²) in [5, 5.41) is 0. The standard InChI is InChI=1S/C15H20FNO2/c1-15(2,3)11-6-7-12(16)13(9-11)19-10-17-8-4-5-14(17)18/h6-7,9H,4-5,8,10H2,1-3H3. The quantitative estimate of drug-likeness (QED) is 0.840. The van der Waals surface area contributed by atoms with Crippen molar-refractivity contribution in [2.45, 2.75) is 39.0 Å². The minimum atomic E-state index is -0.389. The monoisotopic (exact) mass is 265 g/mol. The molecule has 0 aromatic heterocycles. The molecule has 1 fully saturated rings. The predicted molar refractivity (Wildman–Crippen MR) is 71.5 cm³/mol. The van der Waals surface area contributed by atoms with Crippen molar-refractivity contribution in [1.82, 2.24) is 4.90 Å². The van der Waals surface area contributed by atoms with E-state index >= 15 is 0 Å². The lowest BCUT2D eigenvalue weighted by molar-refractivity contribution is -0.130. The third-order valence-corrected chi connectivity index (χ3v) is 3.34. The molecule has 1 aromatic carbocycles. The Kier molecular flexibility index (Phi) is 3.78. The zero-order valence-electron chi connectivity index (χ0n) is 11.7. The second-order valence-electron chi connectivity index (χ2n) is 5.93. The minimum Gasteiger partial charge on any atom is -0.470 e. The fraction of sp³-hybridized carbons (Fsp3) is 0.533. The Morgan fingerprint density at radius 2 is 2.11 bits per heavy atom. The van der Waals surface area contributed by atoms with Crippen LogP contribution >= 0.6 is 0 Å². The zero-order valence-corrected chi connectivity index (χ0v) is 11.7. The highest BCUT2D eigenvalue weighted by Gasteiger charge is 2.21. The van der Waals surface area contributed by atoms with Crippen molar-refractivity contribution in [3.63, 3.8) is 0 Å². The third kappa shape index (κ3) is 3.25. The van der Waals surface area contributed by atoms with E-state index in [0.717, 1.165) is 12.0 Å². The Morgan fingerprint density at radius 1 is 1.37 bits per heavy atom. The number of carbonyl (C=O) groups excluding carboxylic acids is 1. The van der Waals surface area contributed by atoms with Crippen LogP contribution in [0.5, 0.6) is 5.75 Å². The molecule has 0 atom stereocenters. The van der Waals surface area contributed by atoms with E-state index in [9.17, 15) is 9.18 Å². The molecule has 0 spiro atoms. The molecule has 0 bridgehead atoms. The van der Waals surface area contributed by atoms with Crippen LogP contribution in [0.25, 0.3) is 0 Å². The van der Waals surface area contributed by atoms with Crippen LogP contribution in [0.1, 0.15) is 39.2 Å². The van der Waals surface area contributed by atoms with E-state index in [-0.39, 0.29) is 29.6 Å². The lowest BCUT2D eigenvalue weighted by Crippen LogP contribution is -2.29. The van der Waals surface area contributed by atoms with Gasteiger partial charge in [-0.05, 0) is 29.5 Å². The average Bonchev–Trinajstić information content (AvgIpc) is 2.72. The predicted octanol–water partition coefficient (Wildman–Crippen LogP) is 3.08. The van der Waals surface area contributed by atoms with Gasteiger partial charge in [0.1, 0.15) is 0 Å². The van der Waals surface area contributed by atoms with Gasteiger partial charge >= 0.3 is 0 Å². The molecule has 1 amide bonds. The van der Waals surface area contributed by atoms with Gasteiger partial charge in [0.05, 0.1) is 0 Å². The van der Waals surface area contributed by atoms with Crippen LogP contribution in [-0.2, 0) is 10.2 Å². The van der Waals surface area contributed by atoms with E-state index in [1.54, 1.807) is 17.0 Å². The van der Waals surface area contributed by atoms with E-state index < -0.39 is 0 Å². The Morgan fingerprint density at radius 3 is 2.68 bits per heavy atom. The summed E-state index contributed by atoms with van der Waals surface area (Å²) in [6.45, 7) is 7.01. The Balaban J connectivity index is 2.09. The molecule has 1 aromatic rings. The molecule has 104 valence electrons. The minimum absolute atomic E-state index is 0.0602. The molecule has 0 saturated carbocycles. The molecule has 1 heterocycles. The van der Waals surface area contributed by atoms with Gasteiger partial charge in [-0.2, -0.15) is 0 Å². The summed E-state index contributed by atoms with van der Waals surface area (Å²) in [4.78, 5) is 13.1. The number of rotatable bonds is 3. The van der Waals surface area contributed by atoms with Crippen molar-refractivity contribution in [2.24, 2.45) is 0 Å². The topological polar surface area (TPSA) is 29.5 Å². The first kappa shape index (κ1) is 13.8. The van der Waals surface area contributed by atoms with Gasteiger partial charge in [0.15, 0.2) is 18.3 Å². The molecule has 4 heteroatoms. The zero-order chi connectivity index (χ0) is 14.0. The maximum atomic E-state index is 13.7. The van der Waals surface area contributed by atoms with Crippen LogP contribution < -0.4 is 4.74 Å². The normalized spacial score (nSPS) is 16.0. The fourth-order valence-corrected chi connectivity index (χ4v) is 2.07. The van der Waals surface area contributed by atoms with Gasteiger partial charge in [0.2, 0.25) is 5.91 Å². The van der Waals surface area contributed by atoms with Crippen LogP contribution in [0.3, 0.4) is 0 Å². The number of carbonyl (C=O) groups is 1. The first-order valence-corrected chi connectivity index (χ1v) is 6.58. The maximum Gasteiger partial charge on any atom is 0.225 e. The lowest BCUT2D eigenvalue weighted by atomic mass is 9.87. The van der Waals surface area contributed by atoms with E-state index in [1.165, 1.54) is 6.07 Å². The van der Waals surface area contributed by atoms with Crippen LogP contribution in [0.4, 0.5) is 4.39 Å². The molecule has 0 unspecified atom stereocenters. The van der Waals surface area contributed by atoms with Crippen molar-refractivity contribution in [1.29, 1.82) is 0 Å². The molecular weight excluding hydrogens is 245 g/mol. The van der Waals surface area contributed by atoms with E-state index in [4.69, 9.17) is 4.74 Å². The summed E-state index contributed by atoms with van der Waals surface area (Å²) in [6, 6.07) is 4.90. The highest BCUT2D eigenvalue weighted by molar-refractivity contribution is 5.77. The molecule has 0 N–H and O–H groups in total. The SMILES string of the molecule is CC(C)(C)c1ccc(F)c(OCN2CCCC2=O)c1. The van der Waals surface area contributed by atoms with Crippen LogP contribution in [-0.4, -0.2) is 24.1 Å². The Labute approximate surface area is 113 Å². The van der Waals surface area contributed by atoms with Crippen molar-refractivity contribution < 1.29 is 13.9 Å². The first-order valence-electron chi connectivity index (χ1n) is 6.58. The summed E-state index contributed by atoms with van der Waals surface area (Å²) >= 11 is 0. The van der Waals surface area contributed by atoms with Crippen LogP contribution in [0.2, 0.25) is 0 Å². The Bertz CT molecular complexity index is 480. The largest absolute Gasteiger partial charge is 0.470 e. The number of benzene rings is 1. The summed E-state index contributed by atoms with van der Waals surface area (Å²) in [7, 11) is 0. The lowest BCUT2D eigenvalue weighted by Gasteiger charge is -2.21. The van der Waals surface area contributed by atoms with Gasteiger partial charge in [0, 0.05) is 13.0 Å². The first-order chi connectivity index (χ1) is 8.88. The third-order valence-electron chi connectivity index (χ3n) is 3.34. The smallest absolute Gasteiger partial charge is 0.225 e. The summed E-state index contributed by atoms with van der Waals surface area (Å²) < 4.78 is 19.2. The summed E-state index contributed by atoms with van der Waals surface area (Å²) in [5.41, 5.74) is 0.951.